The molecule has 17 heavy (non-hydrogen) atoms. The van der Waals surface area contributed by atoms with Crippen LogP contribution < -0.4 is 5.73 Å². The Bertz CT molecular complexity index is 356. The molecule has 3 nitrogen and oxygen atoms in total. The monoisotopic (exact) mass is 251 g/mol. The lowest BCUT2D eigenvalue weighted by atomic mass is 10.0. The third kappa shape index (κ3) is 3.61. The molecule has 94 valence electrons. The maximum absolute atomic E-state index is 5.87. The first-order chi connectivity index (χ1) is 8.27. The molecular weight excluding hydrogens is 230 g/mol. The van der Waals surface area contributed by atoms with Gasteiger partial charge in [-0.15, -0.1) is 11.8 Å². The zero-order valence-corrected chi connectivity index (χ0v) is 11.2. The van der Waals surface area contributed by atoms with Crippen molar-refractivity contribution in [3.63, 3.8) is 0 Å². The number of nitrogens with two attached hydrogens (primary N) is 1. The first-order valence-electron chi connectivity index (χ1n) is 6.31. The zero-order valence-electron chi connectivity index (χ0n) is 10.4. The van der Waals surface area contributed by atoms with E-state index in [4.69, 9.17) is 5.73 Å². The van der Waals surface area contributed by atoms with Crippen molar-refractivity contribution in [1.82, 2.24) is 9.88 Å². The molecule has 1 aliphatic rings. The van der Waals surface area contributed by atoms with E-state index in [2.05, 4.69) is 16.9 Å². The molecule has 1 aliphatic heterocycles. The number of hydrogen-bond acceptors (Lipinski definition) is 4. The maximum Gasteiger partial charge on any atom is 0.119 e. The van der Waals surface area contributed by atoms with E-state index in [1.54, 1.807) is 11.8 Å². The summed E-state index contributed by atoms with van der Waals surface area (Å²) in [6, 6.07) is 4.55. The maximum atomic E-state index is 5.87. The number of piperidine rings is 1. The summed E-state index contributed by atoms with van der Waals surface area (Å²) >= 11 is 1.78. The van der Waals surface area contributed by atoms with Gasteiger partial charge in [-0.1, -0.05) is 6.42 Å². The minimum absolute atomic E-state index is 0.751. The highest BCUT2D eigenvalue weighted by atomic mass is 32.2. The van der Waals surface area contributed by atoms with Crippen molar-refractivity contribution in [2.75, 3.05) is 25.1 Å². The Morgan fingerprint density at radius 1 is 1.53 bits per heavy atom. The number of likely N-dealkylation sites (tertiary alicyclic amines) is 1. The lowest BCUT2D eigenvalue weighted by Gasteiger charge is -2.32. The topological polar surface area (TPSA) is 42.2 Å². The smallest absolute Gasteiger partial charge is 0.119 e. The van der Waals surface area contributed by atoms with Gasteiger partial charge >= 0.3 is 0 Å². The van der Waals surface area contributed by atoms with E-state index in [9.17, 15) is 0 Å². The Hall–Kier alpha value is -0.740. The number of hydrogen-bond donors (Lipinski definition) is 1. The van der Waals surface area contributed by atoms with E-state index in [1.807, 2.05) is 18.3 Å². The van der Waals surface area contributed by atoms with Crippen LogP contribution in [0.5, 0.6) is 0 Å². The molecule has 1 aromatic heterocycles. The Morgan fingerprint density at radius 3 is 3.18 bits per heavy atom. The van der Waals surface area contributed by atoms with Crippen LogP contribution in [0, 0.1) is 0 Å². The van der Waals surface area contributed by atoms with E-state index < -0.39 is 0 Å². The average molecular weight is 251 g/mol. The van der Waals surface area contributed by atoms with Gasteiger partial charge < -0.3 is 10.6 Å². The zero-order chi connectivity index (χ0) is 12.1. The molecular formula is C13H21N3S. The van der Waals surface area contributed by atoms with Crippen molar-refractivity contribution in [3.8, 4) is 0 Å². The Balaban J connectivity index is 1.77. The summed E-state index contributed by atoms with van der Waals surface area (Å²) in [7, 11) is 2.24. The largest absolute Gasteiger partial charge is 0.397 e. The molecule has 2 rings (SSSR count). The fraction of sp³-hybridized carbons (Fsp3) is 0.615. The van der Waals surface area contributed by atoms with E-state index in [1.165, 1.54) is 32.2 Å². The molecule has 4 heteroatoms. The highest BCUT2D eigenvalue weighted by Gasteiger charge is 2.18. The van der Waals surface area contributed by atoms with Gasteiger partial charge in [-0.25, -0.2) is 4.98 Å². The summed E-state index contributed by atoms with van der Waals surface area (Å²) in [5.41, 5.74) is 6.67. The quantitative estimate of drug-likeness (QED) is 0.835. The Morgan fingerprint density at radius 2 is 2.41 bits per heavy atom. The number of thioether (sulfide) groups is 1. The Labute approximate surface area is 108 Å². The van der Waals surface area contributed by atoms with Gasteiger partial charge in [0.05, 0.1) is 5.69 Å². The fourth-order valence-electron chi connectivity index (χ4n) is 2.32. The molecule has 0 saturated carbocycles. The average Bonchev–Trinajstić information content (AvgIpc) is 2.34. The second-order valence-electron chi connectivity index (χ2n) is 4.67. The van der Waals surface area contributed by atoms with Crippen molar-refractivity contribution in [3.05, 3.63) is 18.3 Å². The molecule has 1 unspecified atom stereocenters. The number of pyridine rings is 1. The summed E-state index contributed by atoms with van der Waals surface area (Å²) in [5, 5.41) is 0.978. The molecule has 1 atom stereocenters. The first kappa shape index (κ1) is 12.7. The van der Waals surface area contributed by atoms with Gasteiger partial charge in [0.25, 0.3) is 0 Å². The number of nitrogens with zero attached hydrogens (tertiary/aromatic N) is 2. The SMILES string of the molecule is CN1CCCCC1CCSc1ncccc1N. The number of nitrogen functional groups attached to an aromatic ring is 1. The molecule has 2 N–H and O–H groups in total. The molecule has 0 amide bonds. The van der Waals surface area contributed by atoms with Crippen LogP contribution in [0.1, 0.15) is 25.7 Å². The van der Waals surface area contributed by atoms with E-state index >= 15 is 0 Å². The highest BCUT2D eigenvalue weighted by molar-refractivity contribution is 7.99. The molecule has 2 heterocycles. The summed E-state index contributed by atoms with van der Waals surface area (Å²) < 4.78 is 0. The van der Waals surface area contributed by atoms with Crippen LogP contribution in [0.3, 0.4) is 0 Å². The van der Waals surface area contributed by atoms with Crippen LogP contribution >= 0.6 is 11.8 Å². The number of rotatable bonds is 4. The van der Waals surface area contributed by atoms with Gasteiger partial charge in [-0.2, -0.15) is 0 Å². The van der Waals surface area contributed by atoms with Crippen molar-refractivity contribution >= 4 is 17.4 Å². The van der Waals surface area contributed by atoms with Crippen LogP contribution in [-0.2, 0) is 0 Å². The Kier molecular flexibility index (Phi) is 4.68. The lowest BCUT2D eigenvalue weighted by Crippen LogP contribution is -2.36. The third-order valence-corrected chi connectivity index (χ3v) is 4.47. The van der Waals surface area contributed by atoms with Gasteiger partial charge in [0.2, 0.25) is 0 Å². The first-order valence-corrected chi connectivity index (χ1v) is 7.29. The van der Waals surface area contributed by atoms with Crippen LogP contribution in [0.2, 0.25) is 0 Å². The van der Waals surface area contributed by atoms with Crippen LogP contribution in [0.4, 0.5) is 5.69 Å². The van der Waals surface area contributed by atoms with Gasteiger partial charge in [0.15, 0.2) is 0 Å². The second kappa shape index (κ2) is 6.26. The summed E-state index contributed by atoms with van der Waals surface area (Å²) in [6.45, 7) is 1.25. The molecule has 1 aromatic rings. The van der Waals surface area contributed by atoms with Crippen molar-refractivity contribution < 1.29 is 0 Å². The second-order valence-corrected chi connectivity index (χ2v) is 5.75. The van der Waals surface area contributed by atoms with E-state index in [-0.39, 0.29) is 0 Å². The molecule has 1 saturated heterocycles. The summed E-state index contributed by atoms with van der Waals surface area (Å²) in [6.07, 6.45) is 7.12. The third-order valence-electron chi connectivity index (χ3n) is 3.41. The molecule has 0 bridgehead atoms. The van der Waals surface area contributed by atoms with Crippen LogP contribution in [0.15, 0.2) is 23.4 Å². The summed E-state index contributed by atoms with van der Waals surface area (Å²) in [5.74, 6) is 1.11. The fourth-order valence-corrected chi connectivity index (χ4v) is 3.28. The minimum atomic E-state index is 0.751. The predicted octanol–water partition coefficient (Wildman–Crippen LogP) is 2.63. The van der Waals surface area contributed by atoms with Crippen LogP contribution in [0.25, 0.3) is 0 Å². The minimum Gasteiger partial charge on any atom is -0.397 e. The lowest BCUT2D eigenvalue weighted by molar-refractivity contribution is 0.182. The van der Waals surface area contributed by atoms with Crippen molar-refractivity contribution in [2.24, 2.45) is 0 Å². The molecule has 0 aromatic carbocycles. The van der Waals surface area contributed by atoms with Crippen molar-refractivity contribution in [2.45, 2.75) is 36.8 Å². The predicted molar refractivity (Wildman–Crippen MR) is 74.3 cm³/mol. The van der Waals surface area contributed by atoms with Gasteiger partial charge in [0, 0.05) is 18.0 Å². The van der Waals surface area contributed by atoms with E-state index in [0.717, 1.165) is 22.5 Å². The van der Waals surface area contributed by atoms with Gasteiger partial charge in [-0.05, 0) is 45.0 Å². The number of anilines is 1. The number of aromatic nitrogens is 1. The molecule has 0 aliphatic carbocycles. The molecule has 0 radical (unpaired) electrons. The van der Waals surface area contributed by atoms with E-state index in [0.29, 0.717) is 0 Å². The molecule has 0 spiro atoms. The standard InChI is InChI=1S/C13H21N3S/c1-16-9-3-2-5-11(16)7-10-17-13-12(14)6-4-8-15-13/h4,6,8,11H,2-3,5,7,9-10,14H2,1H3. The van der Waals surface area contributed by atoms with Gasteiger partial charge in [0.1, 0.15) is 5.03 Å². The van der Waals surface area contributed by atoms with Gasteiger partial charge in [-0.3, -0.25) is 0 Å². The highest BCUT2D eigenvalue weighted by Crippen LogP contribution is 2.25. The van der Waals surface area contributed by atoms with Crippen molar-refractivity contribution in [1.29, 1.82) is 0 Å². The molecule has 1 fully saturated rings. The normalized spacial score (nSPS) is 21.6. The summed E-state index contributed by atoms with van der Waals surface area (Å²) in [4.78, 5) is 6.80. The van der Waals surface area contributed by atoms with Crippen LogP contribution in [-0.4, -0.2) is 35.3 Å².